The molecule has 0 bridgehead atoms. The third kappa shape index (κ3) is 2.51. The molecule has 2 aromatic carbocycles. The van der Waals surface area contributed by atoms with Gasteiger partial charge in [0.1, 0.15) is 11.9 Å². The van der Waals surface area contributed by atoms with Gasteiger partial charge in [-0.3, -0.25) is 4.79 Å². The molecule has 21 heavy (non-hydrogen) atoms. The van der Waals surface area contributed by atoms with E-state index in [0.717, 1.165) is 16.0 Å². The Hall–Kier alpha value is -1.61. The molecule has 1 aliphatic heterocycles. The smallest absolute Gasteiger partial charge is 0.170 e. The van der Waals surface area contributed by atoms with Gasteiger partial charge in [-0.2, -0.15) is 0 Å². The molecule has 0 aromatic heterocycles. The summed E-state index contributed by atoms with van der Waals surface area (Å²) in [5.74, 6) is 1.58. The van der Waals surface area contributed by atoms with Crippen molar-refractivity contribution in [3.05, 3.63) is 63.6 Å². The van der Waals surface area contributed by atoms with E-state index in [1.807, 2.05) is 18.2 Å². The summed E-state index contributed by atoms with van der Waals surface area (Å²) in [7, 11) is 0. The average molecular weight is 343 g/mol. The van der Waals surface area contributed by atoms with Gasteiger partial charge in [-0.05, 0) is 48.1 Å². The Morgan fingerprint density at radius 1 is 1.00 bits per heavy atom. The minimum absolute atomic E-state index is 0.153. The highest BCUT2D eigenvalue weighted by molar-refractivity contribution is 9.10. The lowest BCUT2D eigenvalue weighted by atomic mass is 9.95. The molecule has 0 N–H and O–H groups in total. The summed E-state index contributed by atoms with van der Waals surface area (Å²) in [6.07, 6.45) is 2.85. The van der Waals surface area contributed by atoms with Gasteiger partial charge in [0.05, 0.1) is 12.0 Å². The van der Waals surface area contributed by atoms with Crippen LogP contribution in [0.25, 0.3) is 0 Å². The fraction of sp³-hybridized carbons (Fsp3) is 0.278. The van der Waals surface area contributed by atoms with Crippen molar-refractivity contribution < 1.29 is 9.53 Å². The van der Waals surface area contributed by atoms with Crippen LogP contribution in [0.5, 0.6) is 5.75 Å². The summed E-state index contributed by atoms with van der Waals surface area (Å²) in [5.41, 5.74) is 3.17. The number of Topliss-reactive ketones (excluding diaryl/α,β-unsaturated/α-hetero) is 1. The Balaban J connectivity index is 1.63. The highest BCUT2D eigenvalue weighted by Crippen LogP contribution is 2.41. The van der Waals surface area contributed by atoms with Crippen molar-refractivity contribution in [1.82, 2.24) is 0 Å². The number of hydrogen-bond acceptors (Lipinski definition) is 2. The predicted octanol–water partition coefficient (Wildman–Crippen LogP) is 5.03. The van der Waals surface area contributed by atoms with Crippen LogP contribution < -0.4 is 4.74 Å². The Morgan fingerprint density at radius 2 is 1.71 bits per heavy atom. The minimum atomic E-state index is -0.174. The van der Waals surface area contributed by atoms with Crippen molar-refractivity contribution in [3.63, 3.8) is 0 Å². The average Bonchev–Trinajstić information content (AvgIpc) is 3.31. The summed E-state index contributed by atoms with van der Waals surface area (Å²) in [4.78, 5) is 12.3. The topological polar surface area (TPSA) is 26.3 Å². The number of benzene rings is 2. The number of ether oxygens (including phenoxy) is 1. The Labute approximate surface area is 132 Å². The Kier molecular flexibility index (Phi) is 3.11. The fourth-order valence-corrected chi connectivity index (χ4v) is 3.22. The lowest BCUT2D eigenvalue weighted by molar-refractivity contribution is 0.0850. The number of halogens is 1. The van der Waals surface area contributed by atoms with Crippen LogP contribution in [0.1, 0.15) is 52.8 Å². The molecule has 1 aliphatic carbocycles. The third-order valence-corrected chi connectivity index (χ3v) is 4.73. The van der Waals surface area contributed by atoms with Crippen LogP contribution in [-0.2, 0) is 0 Å². The van der Waals surface area contributed by atoms with E-state index in [4.69, 9.17) is 4.74 Å². The van der Waals surface area contributed by atoms with E-state index < -0.39 is 0 Å². The highest BCUT2D eigenvalue weighted by Gasteiger charge is 2.28. The van der Waals surface area contributed by atoms with E-state index in [2.05, 4.69) is 40.2 Å². The minimum Gasteiger partial charge on any atom is -0.484 e. The van der Waals surface area contributed by atoms with Gasteiger partial charge in [0.2, 0.25) is 0 Å². The quantitative estimate of drug-likeness (QED) is 0.764. The predicted molar refractivity (Wildman–Crippen MR) is 84.9 cm³/mol. The van der Waals surface area contributed by atoms with Crippen LogP contribution in [-0.4, -0.2) is 5.78 Å². The molecule has 2 aliphatic rings. The molecule has 1 atom stereocenters. The maximum atomic E-state index is 12.3. The molecule has 0 saturated heterocycles. The van der Waals surface area contributed by atoms with Gasteiger partial charge in [-0.15, -0.1) is 0 Å². The van der Waals surface area contributed by atoms with Crippen molar-refractivity contribution in [2.45, 2.75) is 31.3 Å². The zero-order valence-electron chi connectivity index (χ0n) is 11.5. The Morgan fingerprint density at radius 3 is 2.43 bits per heavy atom. The first-order chi connectivity index (χ1) is 10.2. The van der Waals surface area contributed by atoms with E-state index in [0.29, 0.717) is 17.7 Å². The molecule has 1 unspecified atom stereocenters. The van der Waals surface area contributed by atoms with Crippen LogP contribution in [0.15, 0.2) is 46.9 Å². The van der Waals surface area contributed by atoms with Crippen molar-refractivity contribution in [3.8, 4) is 5.75 Å². The summed E-state index contributed by atoms with van der Waals surface area (Å²) >= 11 is 3.43. The normalized spacial score (nSPS) is 20.8. The first-order valence-electron chi connectivity index (χ1n) is 7.30. The molecule has 0 spiro atoms. The molecule has 1 fully saturated rings. The molecule has 0 radical (unpaired) electrons. The molecule has 0 amide bonds. The van der Waals surface area contributed by atoms with E-state index in [1.165, 1.54) is 18.4 Å². The lowest BCUT2D eigenvalue weighted by Gasteiger charge is -2.25. The number of carbonyl (C=O) groups is 1. The fourth-order valence-electron chi connectivity index (χ4n) is 2.88. The lowest BCUT2D eigenvalue weighted by Crippen LogP contribution is -2.20. The summed E-state index contributed by atoms with van der Waals surface area (Å²) in [5, 5.41) is 0. The Bertz CT molecular complexity index is 702. The van der Waals surface area contributed by atoms with Gasteiger partial charge in [0, 0.05) is 4.47 Å². The van der Waals surface area contributed by atoms with Crippen molar-refractivity contribution in [1.29, 1.82) is 0 Å². The second kappa shape index (κ2) is 4.99. The first-order valence-corrected chi connectivity index (χ1v) is 8.09. The van der Waals surface area contributed by atoms with Crippen LogP contribution >= 0.6 is 15.9 Å². The van der Waals surface area contributed by atoms with Crippen LogP contribution in [0.3, 0.4) is 0 Å². The number of rotatable bonds is 2. The molecule has 1 saturated carbocycles. The molecule has 106 valence electrons. The van der Waals surface area contributed by atoms with Crippen molar-refractivity contribution >= 4 is 21.7 Å². The van der Waals surface area contributed by atoms with Gasteiger partial charge < -0.3 is 4.74 Å². The number of fused-ring (bicyclic) bond motifs is 1. The molecule has 4 rings (SSSR count). The van der Waals surface area contributed by atoms with E-state index in [1.54, 1.807) is 0 Å². The van der Waals surface area contributed by atoms with Crippen LogP contribution in [0.4, 0.5) is 0 Å². The van der Waals surface area contributed by atoms with Gasteiger partial charge in [-0.1, -0.05) is 40.2 Å². The van der Waals surface area contributed by atoms with E-state index in [9.17, 15) is 4.79 Å². The van der Waals surface area contributed by atoms with Crippen LogP contribution in [0, 0.1) is 0 Å². The maximum Gasteiger partial charge on any atom is 0.170 e. The van der Waals surface area contributed by atoms with Gasteiger partial charge in [-0.25, -0.2) is 0 Å². The number of hydrogen-bond donors (Lipinski definition) is 0. The van der Waals surface area contributed by atoms with Crippen molar-refractivity contribution in [2.24, 2.45) is 0 Å². The largest absolute Gasteiger partial charge is 0.484 e. The molecular weight excluding hydrogens is 328 g/mol. The van der Waals surface area contributed by atoms with Gasteiger partial charge >= 0.3 is 0 Å². The second-order valence-corrected chi connectivity index (χ2v) is 6.73. The number of carbonyl (C=O) groups excluding carboxylic acids is 1. The zero-order valence-corrected chi connectivity index (χ0v) is 13.1. The zero-order chi connectivity index (χ0) is 14.4. The van der Waals surface area contributed by atoms with Gasteiger partial charge in [0.25, 0.3) is 0 Å². The van der Waals surface area contributed by atoms with Crippen LogP contribution in [0.2, 0.25) is 0 Å². The standard InChI is InChI=1S/C18H15BrO2/c19-14-7-8-15-16(20)10-17(21-18(15)9-14)13-5-3-12(4-6-13)11-1-2-11/h3-9,11,17H,1-2,10H2. The molecule has 3 heteroatoms. The van der Waals surface area contributed by atoms with E-state index >= 15 is 0 Å². The molecule has 2 nitrogen and oxygen atoms in total. The SMILES string of the molecule is O=C1CC(c2ccc(C3CC3)cc2)Oc2cc(Br)ccc21. The first kappa shape index (κ1) is 13.1. The van der Waals surface area contributed by atoms with E-state index in [-0.39, 0.29) is 11.9 Å². The monoisotopic (exact) mass is 342 g/mol. The summed E-state index contributed by atoms with van der Waals surface area (Å²) in [6.45, 7) is 0. The van der Waals surface area contributed by atoms with Gasteiger partial charge in [0.15, 0.2) is 5.78 Å². The molecular formula is C18H15BrO2. The molecule has 2 aromatic rings. The third-order valence-electron chi connectivity index (χ3n) is 4.24. The maximum absolute atomic E-state index is 12.3. The molecule has 1 heterocycles. The highest BCUT2D eigenvalue weighted by atomic mass is 79.9. The number of ketones is 1. The van der Waals surface area contributed by atoms with Crippen molar-refractivity contribution in [2.75, 3.05) is 0 Å². The second-order valence-electron chi connectivity index (χ2n) is 5.82. The summed E-state index contributed by atoms with van der Waals surface area (Å²) < 4.78 is 6.96. The summed E-state index contributed by atoms with van der Waals surface area (Å²) in [6, 6.07) is 14.1.